The van der Waals surface area contributed by atoms with Gasteiger partial charge in [0.15, 0.2) is 0 Å². The average Bonchev–Trinajstić information content (AvgIpc) is 2.31. The van der Waals surface area contributed by atoms with Crippen molar-refractivity contribution in [3.8, 4) is 0 Å². The van der Waals surface area contributed by atoms with E-state index in [0.717, 1.165) is 10.0 Å². The number of aryl methyl sites for hydroxylation is 1. The molecule has 0 aliphatic heterocycles. The number of carboxylic acids is 1. The molecule has 0 aliphatic rings. The molecule has 0 heterocycles. The van der Waals surface area contributed by atoms with Crippen molar-refractivity contribution in [3.05, 3.63) is 28.2 Å². The number of halogens is 1. The van der Waals surface area contributed by atoms with Crippen molar-refractivity contribution >= 4 is 33.6 Å². The lowest BCUT2D eigenvalue weighted by Gasteiger charge is -2.30. The first kappa shape index (κ1) is 17.5. The number of benzene rings is 1. The first-order chi connectivity index (χ1) is 9.59. The highest BCUT2D eigenvalue weighted by atomic mass is 79.9. The zero-order chi connectivity index (χ0) is 16.2. The van der Waals surface area contributed by atoms with E-state index in [9.17, 15) is 9.59 Å². The van der Waals surface area contributed by atoms with E-state index < -0.39 is 18.0 Å². The number of nitrogens with one attached hydrogen (secondary N) is 2. The number of rotatable bonds is 4. The Morgan fingerprint density at radius 2 is 1.95 bits per heavy atom. The number of carbonyl (C=O) groups is 2. The molecule has 21 heavy (non-hydrogen) atoms. The topological polar surface area (TPSA) is 78.4 Å². The third-order valence-corrected chi connectivity index (χ3v) is 3.79. The minimum absolute atomic E-state index is 0.119. The minimum atomic E-state index is -0.938. The van der Waals surface area contributed by atoms with Gasteiger partial charge in [-0.05, 0) is 46.0 Å². The van der Waals surface area contributed by atoms with Crippen LogP contribution in [0.1, 0.15) is 32.8 Å². The molecular formula is C15H21BrN2O3. The van der Waals surface area contributed by atoms with Gasteiger partial charge in [-0.25, -0.2) is 4.79 Å². The van der Waals surface area contributed by atoms with Crippen LogP contribution in [0, 0.1) is 12.3 Å². The molecule has 1 atom stereocenters. The van der Waals surface area contributed by atoms with Crippen LogP contribution in [0.15, 0.2) is 22.7 Å². The highest BCUT2D eigenvalue weighted by Gasteiger charge is 2.28. The van der Waals surface area contributed by atoms with Crippen LogP contribution >= 0.6 is 15.9 Å². The van der Waals surface area contributed by atoms with Crippen molar-refractivity contribution in [1.29, 1.82) is 0 Å². The van der Waals surface area contributed by atoms with Crippen molar-refractivity contribution in [3.63, 3.8) is 0 Å². The van der Waals surface area contributed by atoms with E-state index in [1.807, 2.05) is 45.9 Å². The van der Waals surface area contributed by atoms with E-state index in [1.54, 1.807) is 0 Å². The fourth-order valence-corrected chi connectivity index (χ4v) is 2.15. The first-order valence-corrected chi connectivity index (χ1v) is 7.44. The highest BCUT2D eigenvalue weighted by molar-refractivity contribution is 9.10. The summed E-state index contributed by atoms with van der Waals surface area (Å²) in [5.41, 5.74) is 1.32. The molecule has 0 saturated heterocycles. The molecule has 0 aliphatic carbocycles. The lowest BCUT2D eigenvalue weighted by molar-refractivity contribution is -0.138. The summed E-state index contributed by atoms with van der Waals surface area (Å²) in [5, 5.41) is 14.4. The summed E-state index contributed by atoms with van der Waals surface area (Å²) >= 11 is 3.37. The predicted molar refractivity (Wildman–Crippen MR) is 86.5 cm³/mol. The quantitative estimate of drug-likeness (QED) is 0.768. The molecule has 5 nitrogen and oxygen atoms in total. The molecule has 3 N–H and O–H groups in total. The first-order valence-electron chi connectivity index (χ1n) is 6.65. The van der Waals surface area contributed by atoms with Gasteiger partial charge in [0.2, 0.25) is 0 Å². The van der Waals surface area contributed by atoms with E-state index >= 15 is 0 Å². The van der Waals surface area contributed by atoms with Gasteiger partial charge in [0.05, 0.1) is 12.1 Å². The summed E-state index contributed by atoms with van der Waals surface area (Å²) < 4.78 is 0.772. The molecule has 2 amide bonds. The minimum Gasteiger partial charge on any atom is -0.481 e. The maximum absolute atomic E-state index is 12.1. The summed E-state index contributed by atoms with van der Waals surface area (Å²) in [6.45, 7) is 7.61. The maximum Gasteiger partial charge on any atom is 0.319 e. The van der Waals surface area contributed by atoms with E-state index in [4.69, 9.17) is 5.11 Å². The van der Waals surface area contributed by atoms with Crippen LogP contribution in [0.5, 0.6) is 0 Å². The van der Waals surface area contributed by atoms with E-state index in [-0.39, 0.29) is 11.8 Å². The normalized spacial score (nSPS) is 12.6. The second-order valence-corrected chi connectivity index (χ2v) is 6.95. The number of urea groups is 1. The molecule has 1 rings (SSSR count). The van der Waals surface area contributed by atoms with Gasteiger partial charge in [-0.2, -0.15) is 0 Å². The Bertz CT molecular complexity index is 538. The summed E-state index contributed by atoms with van der Waals surface area (Å²) in [4.78, 5) is 23.0. The van der Waals surface area contributed by atoms with Gasteiger partial charge in [-0.1, -0.05) is 26.8 Å². The van der Waals surface area contributed by atoms with Crippen LogP contribution in [0.4, 0.5) is 10.5 Å². The lowest BCUT2D eigenvalue weighted by Crippen LogP contribution is -2.46. The van der Waals surface area contributed by atoms with Gasteiger partial charge in [0.1, 0.15) is 0 Å². The Morgan fingerprint density at radius 3 is 2.48 bits per heavy atom. The van der Waals surface area contributed by atoms with Crippen molar-refractivity contribution in [2.45, 2.75) is 40.2 Å². The van der Waals surface area contributed by atoms with Crippen LogP contribution < -0.4 is 10.6 Å². The molecule has 1 aromatic carbocycles. The van der Waals surface area contributed by atoms with Crippen molar-refractivity contribution in [2.75, 3.05) is 5.32 Å². The number of carbonyl (C=O) groups excluding carboxylic acids is 1. The predicted octanol–water partition coefficient (Wildman–Crippen LogP) is 3.77. The fraction of sp³-hybridized carbons (Fsp3) is 0.467. The summed E-state index contributed by atoms with van der Waals surface area (Å²) in [6, 6.07) is 4.74. The number of amides is 2. The second-order valence-electron chi connectivity index (χ2n) is 6.10. The lowest BCUT2D eigenvalue weighted by atomic mass is 9.85. The Balaban J connectivity index is 2.78. The molecule has 0 radical (unpaired) electrons. The van der Waals surface area contributed by atoms with Gasteiger partial charge in [0, 0.05) is 10.5 Å². The van der Waals surface area contributed by atoms with Crippen LogP contribution in [0.25, 0.3) is 0 Å². The molecule has 0 bridgehead atoms. The highest BCUT2D eigenvalue weighted by Crippen LogP contribution is 2.24. The van der Waals surface area contributed by atoms with Gasteiger partial charge in [-0.3, -0.25) is 4.79 Å². The third kappa shape index (κ3) is 5.75. The zero-order valence-electron chi connectivity index (χ0n) is 12.7. The number of aliphatic carboxylic acids is 1. The van der Waals surface area contributed by atoms with Crippen LogP contribution in [-0.2, 0) is 4.79 Å². The number of hydrogen-bond donors (Lipinski definition) is 3. The molecule has 1 aromatic rings. The molecule has 1 unspecified atom stereocenters. The molecule has 0 saturated carbocycles. The molecular weight excluding hydrogens is 336 g/mol. The van der Waals surface area contributed by atoms with Crippen molar-refractivity contribution in [2.24, 2.45) is 5.41 Å². The second kappa shape index (κ2) is 6.93. The van der Waals surface area contributed by atoms with Crippen molar-refractivity contribution in [1.82, 2.24) is 5.32 Å². The van der Waals surface area contributed by atoms with Crippen LogP contribution in [-0.4, -0.2) is 23.1 Å². The zero-order valence-corrected chi connectivity index (χ0v) is 14.2. The smallest absolute Gasteiger partial charge is 0.319 e. The van der Waals surface area contributed by atoms with Crippen LogP contribution in [0.2, 0.25) is 0 Å². The summed E-state index contributed by atoms with van der Waals surface area (Å²) in [6.07, 6.45) is -0.119. The van der Waals surface area contributed by atoms with Gasteiger partial charge in [-0.15, -0.1) is 0 Å². The van der Waals surface area contributed by atoms with Crippen molar-refractivity contribution < 1.29 is 14.7 Å². The Hall–Kier alpha value is -1.56. The molecule has 0 aromatic heterocycles. The fourth-order valence-electron chi connectivity index (χ4n) is 1.80. The van der Waals surface area contributed by atoms with E-state index in [1.165, 1.54) is 0 Å². The van der Waals surface area contributed by atoms with E-state index in [2.05, 4.69) is 26.6 Å². The van der Waals surface area contributed by atoms with Crippen LogP contribution in [0.3, 0.4) is 0 Å². The maximum atomic E-state index is 12.1. The monoisotopic (exact) mass is 356 g/mol. The number of hydrogen-bond acceptors (Lipinski definition) is 2. The Kier molecular flexibility index (Phi) is 5.78. The molecule has 0 spiro atoms. The standard InChI is InChI=1S/C15H21BrN2O3/c1-9-5-6-10(16)11(7-9)17-14(21)18-12(8-13(19)20)15(2,3)4/h5-7,12H,8H2,1-4H3,(H,19,20)(H2,17,18,21). The van der Waals surface area contributed by atoms with Gasteiger partial charge in [0.25, 0.3) is 0 Å². The largest absolute Gasteiger partial charge is 0.481 e. The SMILES string of the molecule is Cc1ccc(Br)c(NC(=O)NC(CC(=O)O)C(C)(C)C)c1. The Labute approximate surface area is 133 Å². The third-order valence-electron chi connectivity index (χ3n) is 3.10. The number of carboxylic acid groups (broad SMARTS) is 1. The van der Waals surface area contributed by atoms with E-state index in [0.29, 0.717) is 5.69 Å². The summed E-state index contributed by atoms with van der Waals surface area (Å²) in [5.74, 6) is -0.938. The summed E-state index contributed by atoms with van der Waals surface area (Å²) in [7, 11) is 0. The molecule has 0 fully saturated rings. The molecule has 116 valence electrons. The van der Waals surface area contributed by atoms with Gasteiger partial charge < -0.3 is 15.7 Å². The number of anilines is 1. The Morgan fingerprint density at radius 1 is 1.33 bits per heavy atom. The average molecular weight is 357 g/mol. The molecule has 6 heteroatoms. The van der Waals surface area contributed by atoms with Gasteiger partial charge >= 0.3 is 12.0 Å².